The van der Waals surface area contributed by atoms with Gasteiger partial charge in [-0.3, -0.25) is 9.59 Å². The molecular weight excluding hydrogens is 355 g/mol. The molecule has 0 unspecified atom stereocenters. The summed E-state index contributed by atoms with van der Waals surface area (Å²) in [4.78, 5) is 26.4. The second-order valence-corrected chi connectivity index (χ2v) is 7.47. The zero-order valence-electron chi connectivity index (χ0n) is 15.0. The monoisotopic (exact) mass is 378 g/mol. The summed E-state index contributed by atoms with van der Waals surface area (Å²) in [5.41, 5.74) is -0.822. The summed E-state index contributed by atoms with van der Waals surface area (Å²) in [6, 6.07) is 8.43. The van der Waals surface area contributed by atoms with E-state index in [4.69, 9.17) is 4.74 Å². The molecule has 0 radical (unpaired) electrons. The number of carbonyl (C=O) groups is 2. The van der Waals surface area contributed by atoms with Gasteiger partial charge in [-0.15, -0.1) is 11.8 Å². The van der Waals surface area contributed by atoms with Gasteiger partial charge in [0.05, 0.1) is 11.8 Å². The Hall–Kier alpha value is -2.07. The first-order valence-corrected chi connectivity index (χ1v) is 9.64. The third kappa shape index (κ3) is 4.76. The lowest BCUT2D eigenvalue weighted by Crippen LogP contribution is -2.53. The van der Waals surface area contributed by atoms with Gasteiger partial charge in [0.15, 0.2) is 6.10 Å². The maximum atomic E-state index is 13.6. The van der Waals surface area contributed by atoms with Crippen molar-refractivity contribution in [1.82, 2.24) is 4.90 Å². The predicted molar refractivity (Wildman–Crippen MR) is 96.9 cm³/mol. The zero-order chi connectivity index (χ0) is 19.2. The first kappa shape index (κ1) is 20.2. The van der Waals surface area contributed by atoms with E-state index >= 15 is 0 Å². The molecule has 26 heavy (non-hydrogen) atoms. The number of benzene rings is 1. The molecule has 0 bridgehead atoms. The summed E-state index contributed by atoms with van der Waals surface area (Å²) in [6.45, 7) is 1.50. The lowest BCUT2D eigenvalue weighted by molar-refractivity contribution is -0.159. The van der Waals surface area contributed by atoms with Crippen LogP contribution in [0.15, 0.2) is 29.2 Å². The van der Waals surface area contributed by atoms with Gasteiger partial charge >= 0.3 is 5.97 Å². The van der Waals surface area contributed by atoms with E-state index in [2.05, 4.69) is 6.07 Å². The molecule has 1 aromatic rings. The fourth-order valence-corrected chi connectivity index (χ4v) is 3.84. The summed E-state index contributed by atoms with van der Waals surface area (Å²) in [6.07, 6.45) is 3.15. The number of likely N-dealkylation sites (N-methyl/N-ethyl adjacent to an activating group) is 1. The molecular formula is C19H23FN2O3S. The number of thioether (sulfide) groups is 1. The maximum Gasteiger partial charge on any atom is 0.317 e. The standard InChI is InChI=1S/C19H23FN2O3S/c1-14(18(24)22(2)19(13-21)10-6-3-7-11-19)25-17(23)12-26-16-9-5-4-8-15(16)20/h4-5,8-9,14H,3,6-7,10-12H2,1-2H3/t14-/m1/s1. The number of carbonyl (C=O) groups excluding carboxylic acids is 2. The van der Waals surface area contributed by atoms with Crippen molar-refractivity contribution in [1.29, 1.82) is 5.26 Å². The molecule has 5 nitrogen and oxygen atoms in total. The molecule has 2 rings (SSSR count). The number of rotatable bonds is 6. The predicted octanol–water partition coefficient (Wildman–Crippen LogP) is 3.53. The minimum absolute atomic E-state index is 0.0916. The summed E-state index contributed by atoms with van der Waals surface area (Å²) < 4.78 is 18.8. The number of hydrogen-bond acceptors (Lipinski definition) is 5. The third-order valence-corrected chi connectivity index (χ3v) is 5.72. The second-order valence-electron chi connectivity index (χ2n) is 6.45. The Kier molecular flexibility index (Phi) is 7.04. The molecule has 1 aliphatic carbocycles. The Labute approximate surface area is 157 Å². The number of esters is 1. The van der Waals surface area contributed by atoms with E-state index in [1.54, 1.807) is 25.2 Å². The molecule has 0 spiro atoms. The Morgan fingerprint density at radius 3 is 2.62 bits per heavy atom. The average molecular weight is 378 g/mol. The fraction of sp³-hybridized carbons (Fsp3) is 0.526. The molecule has 0 saturated heterocycles. The van der Waals surface area contributed by atoms with Gasteiger partial charge in [0.1, 0.15) is 11.4 Å². The van der Waals surface area contributed by atoms with Crippen molar-refractivity contribution in [3.05, 3.63) is 30.1 Å². The van der Waals surface area contributed by atoms with Gasteiger partial charge in [-0.2, -0.15) is 5.26 Å². The van der Waals surface area contributed by atoms with Crippen molar-refractivity contribution >= 4 is 23.6 Å². The van der Waals surface area contributed by atoms with Crippen LogP contribution in [0.2, 0.25) is 0 Å². The number of nitriles is 1. The summed E-state index contributed by atoms with van der Waals surface area (Å²) in [7, 11) is 1.59. The Morgan fingerprint density at radius 1 is 1.35 bits per heavy atom. The van der Waals surface area contributed by atoms with Crippen molar-refractivity contribution in [3.8, 4) is 6.07 Å². The van der Waals surface area contributed by atoms with Crippen LogP contribution in [0.1, 0.15) is 39.0 Å². The highest BCUT2D eigenvalue weighted by Gasteiger charge is 2.40. The van der Waals surface area contributed by atoms with Crippen LogP contribution in [0.25, 0.3) is 0 Å². The number of ether oxygens (including phenoxy) is 1. The van der Waals surface area contributed by atoms with Crippen LogP contribution >= 0.6 is 11.8 Å². The van der Waals surface area contributed by atoms with Crippen molar-refractivity contribution in [2.75, 3.05) is 12.8 Å². The van der Waals surface area contributed by atoms with E-state index in [0.717, 1.165) is 31.0 Å². The Bertz CT molecular complexity index is 698. The summed E-state index contributed by atoms with van der Waals surface area (Å²) in [5.74, 6) is -1.48. The summed E-state index contributed by atoms with van der Waals surface area (Å²) >= 11 is 1.02. The molecule has 0 aromatic heterocycles. The minimum Gasteiger partial charge on any atom is -0.452 e. The molecule has 1 aromatic carbocycles. The number of amides is 1. The van der Waals surface area contributed by atoms with E-state index < -0.39 is 29.3 Å². The maximum absolute atomic E-state index is 13.6. The highest BCUT2D eigenvalue weighted by molar-refractivity contribution is 8.00. The smallest absolute Gasteiger partial charge is 0.317 e. The van der Waals surface area contributed by atoms with Crippen molar-refractivity contribution in [2.24, 2.45) is 0 Å². The molecule has 1 saturated carbocycles. The van der Waals surface area contributed by atoms with Gasteiger partial charge in [-0.1, -0.05) is 31.4 Å². The minimum atomic E-state index is -0.985. The van der Waals surface area contributed by atoms with Crippen LogP contribution in [0.3, 0.4) is 0 Å². The normalized spacial score (nSPS) is 17.0. The molecule has 0 heterocycles. The van der Waals surface area contributed by atoms with E-state index in [-0.39, 0.29) is 5.75 Å². The zero-order valence-corrected chi connectivity index (χ0v) is 15.9. The van der Waals surface area contributed by atoms with Crippen LogP contribution in [0.5, 0.6) is 0 Å². The van der Waals surface area contributed by atoms with Crippen LogP contribution in [0.4, 0.5) is 4.39 Å². The van der Waals surface area contributed by atoms with Gasteiger partial charge in [0.2, 0.25) is 0 Å². The molecule has 7 heteroatoms. The van der Waals surface area contributed by atoms with E-state index in [1.807, 2.05) is 0 Å². The molecule has 1 fully saturated rings. The highest BCUT2D eigenvalue weighted by Crippen LogP contribution is 2.33. The first-order valence-electron chi connectivity index (χ1n) is 8.65. The molecule has 0 aliphatic heterocycles. The summed E-state index contributed by atoms with van der Waals surface area (Å²) in [5, 5.41) is 9.57. The molecule has 140 valence electrons. The van der Waals surface area contributed by atoms with Crippen molar-refractivity contribution in [3.63, 3.8) is 0 Å². The topological polar surface area (TPSA) is 70.4 Å². The molecule has 0 N–H and O–H groups in total. The van der Waals surface area contributed by atoms with Crippen LogP contribution in [-0.2, 0) is 14.3 Å². The van der Waals surface area contributed by atoms with Crippen LogP contribution in [-0.4, -0.2) is 41.2 Å². The Morgan fingerprint density at radius 2 is 2.00 bits per heavy atom. The lowest BCUT2D eigenvalue weighted by Gasteiger charge is -2.39. The number of hydrogen-bond donors (Lipinski definition) is 0. The third-order valence-electron chi connectivity index (χ3n) is 4.70. The Balaban J connectivity index is 1.90. The van der Waals surface area contributed by atoms with Gasteiger partial charge < -0.3 is 9.64 Å². The molecule has 1 atom stereocenters. The van der Waals surface area contributed by atoms with E-state index in [9.17, 15) is 19.2 Å². The van der Waals surface area contributed by atoms with Gasteiger partial charge in [0.25, 0.3) is 5.91 Å². The van der Waals surface area contributed by atoms with Crippen LogP contribution < -0.4 is 0 Å². The van der Waals surface area contributed by atoms with Crippen molar-refractivity contribution < 1.29 is 18.7 Å². The molecule has 1 amide bonds. The SMILES string of the molecule is C[C@@H](OC(=O)CSc1ccccc1F)C(=O)N(C)C1(C#N)CCCCC1. The first-order chi connectivity index (χ1) is 12.4. The number of halogens is 1. The molecule has 1 aliphatic rings. The lowest BCUT2D eigenvalue weighted by atomic mass is 9.81. The van der Waals surface area contributed by atoms with Gasteiger partial charge in [0, 0.05) is 11.9 Å². The van der Waals surface area contributed by atoms with Crippen LogP contribution in [0, 0.1) is 17.1 Å². The average Bonchev–Trinajstić information content (AvgIpc) is 2.66. The number of nitrogens with zero attached hydrogens (tertiary/aromatic N) is 2. The van der Waals surface area contributed by atoms with Crippen molar-refractivity contribution in [2.45, 2.75) is 55.6 Å². The second kappa shape index (κ2) is 9.04. The fourth-order valence-electron chi connectivity index (χ4n) is 3.12. The quantitative estimate of drug-likeness (QED) is 0.559. The van der Waals surface area contributed by atoms with E-state index in [0.29, 0.717) is 17.7 Å². The highest BCUT2D eigenvalue weighted by atomic mass is 32.2. The van der Waals surface area contributed by atoms with Gasteiger partial charge in [-0.05, 0) is 31.9 Å². The largest absolute Gasteiger partial charge is 0.452 e. The van der Waals surface area contributed by atoms with E-state index in [1.165, 1.54) is 17.9 Å². The van der Waals surface area contributed by atoms with Gasteiger partial charge in [-0.25, -0.2) is 4.39 Å².